The number of pyridine rings is 1. The molecule has 2 aromatic rings. The standard InChI is InChI=1S/C14H12BrNO2S.Na.H/c15-10-2-3-12-11(8-10)13(4-7-16-12)19-14(18-9-17)5-1-6-14;;/h2-4,7-9H,1,5-6H2;;. The predicted molar refractivity (Wildman–Crippen MR) is 86.2 cm³/mol. The summed E-state index contributed by atoms with van der Waals surface area (Å²) in [6.45, 7) is 0.561. The Kier molecular flexibility index (Phi) is 5.54. The van der Waals surface area contributed by atoms with Gasteiger partial charge in [0.25, 0.3) is 6.47 Å². The molecular weight excluding hydrogens is 349 g/mol. The molecule has 1 aromatic carbocycles. The van der Waals surface area contributed by atoms with Crippen molar-refractivity contribution in [2.75, 3.05) is 0 Å². The fourth-order valence-electron chi connectivity index (χ4n) is 2.18. The second-order valence-electron chi connectivity index (χ2n) is 4.55. The van der Waals surface area contributed by atoms with Crippen molar-refractivity contribution in [1.29, 1.82) is 0 Å². The number of aromatic nitrogens is 1. The third kappa shape index (κ3) is 3.22. The zero-order valence-corrected chi connectivity index (χ0v) is 12.5. The van der Waals surface area contributed by atoms with Gasteiger partial charge in [-0.15, -0.1) is 0 Å². The van der Waals surface area contributed by atoms with Crippen LogP contribution in [0.2, 0.25) is 0 Å². The van der Waals surface area contributed by atoms with E-state index in [1.807, 2.05) is 18.2 Å². The first kappa shape index (κ1) is 16.3. The van der Waals surface area contributed by atoms with Crippen LogP contribution in [0.4, 0.5) is 0 Å². The summed E-state index contributed by atoms with van der Waals surface area (Å²) in [5.41, 5.74) is 0.953. The van der Waals surface area contributed by atoms with Gasteiger partial charge in [-0.05, 0) is 43.5 Å². The number of halogens is 1. The van der Waals surface area contributed by atoms with E-state index in [1.165, 1.54) is 0 Å². The first-order valence-corrected chi connectivity index (χ1v) is 7.68. The van der Waals surface area contributed by atoms with E-state index in [0.29, 0.717) is 6.47 Å². The molecule has 3 nitrogen and oxygen atoms in total. The third-order valence-corrected chi connectivity index (χ3v) is 5.28. The fourth-order valence-corrected chi connectivity index (χ4v) is 3.92. The van der Waals surface area contributed by atoms with Gasteiger partial charge >= 0.3 is 29.6 Å². The van der Waals surface area contributed by atoms with Crippen LogP contribution in [0.1, 0.15) is 19.3 Å². The molecule has 1 fully saturated rings. The third-order valence-electron chi connectivity index (χ3n) is 3.34. The zero-order valence-electron chi connectivity index (χ0n) is 10.1. The Balaban J connectivity index is 0.00000147. The summed E-state index contributed by atoms with van der Waals surface area (Å²) < 4.78 is 6.32. The monoisotopic (exact) mass is 361 g/mol. The van der Waals surface area contributed by atoms with Crippen LogP contribution in [-0.2, 0) is 9.53 Å². The zero-order chi connectivity index (χ0) is 13.3. The Hall–Kier alpha value is -0.0700. The topological polar surface area (TPSA) is 39.2 Å². The van der Waals surface area contributed by atoms with Crippen LogP contribution in [0.5, 0.6) is 0 Å². The summed E-state index contributed by atoms with van der Waals surface area (Å²) in [5.74, 6) is 0. The number of hydrogen-bond acceptors (Lipinski definition) is 4. The Morgan fingerprint density at radius 3 is 2.80 bits per heavy atom. The Labute approximate surface area is 152 Å². The summed E-state index contributed by atoms with van der Waals surface area (Å²) in [6, 6.07) is 7.99. The van der Waals surface area contributed by atoms with E-state index in [2.05, 4.69) is 27.0 Å². The van der Waals surface area contributed by atoms with Crippen LogP contribution in [-0.4, -0.2) is 45.9 Å². The molecule has 0 bridgehead atoms. The van der Waals surface area contributed by atoms with Gasteiger partial charge in [0.1, 0.15) is 0 Å². The molecule has 1 heterocycles. The number of thioether (sulfide) groups is 1. The van der Waals surface area contributed by atoms with E-state index >= 15 is 0 Å². The number of hydrogen-bond donors (Lipinski definition) is 0. The SMILES string of the molecule is O=COC1(Sc2ccnc3ccc(Br)cc23)CCC1.[NaH]. The summed E-state index contributed by atoms with van der Waals surface area (Å²) in [4.78, 5) is 15.8. The van der Waals surface area contributed by atoms with E-state index in [0.717, 1.165) is 39.5 Å². The van der Waals surface area contributed by atoms with Gasteiger partial charge in [-0.1, -0.05) is 27.7 Å². The maximum absolute atomic E-state index is 10.7. The summed E-state index contributed by atoms with van der Waals surface area (Å²) in [6.07, 6.45) is 4.72. The Morgan fingerprint density at radius 2 is 2.15 bits per heavy atom. The molecule has 1 aromatic heterocycles. The molecule has 3 rings (SSSR count). The van der Waals surface area contributed by atoms with Gasteiger partial charge in [-0.25, -0.2) is 0 Å². The van der Waals surface area contributed by atoms with Gasteiger partial charge in [-0.3, -0.25) is 9.78 Å². The molecule has 0 atom stereocenters. The second-order valence-corrected chi connectivity index (χ2v) is 6.85. The Bertz CT molecular complexity index is 634. The van der Waals surface area contributed by atoms with Crippen molar-refractivity contribution in [1.82, 2.24) is 4.98 Å². The number of fused-ring (bicyclic) bond motifs is 1. The number of benzene rings is 1. The molecule has 20 heavy (non-hydrogen) atoms. The molecule has 6 heteroatoms. The van der Waals surface area contributed by atoms with Crippen molar-refractivity contribution in [3.05, 3.63) is 34.9 Å². The minimum atomic E-state index is -0.377. The molecule has 1 aliphatic rings. The van der Waals surface area contributed by atoms with Crippen LogP contribution < -0.4 is 0 Å². The molecule has 0 aliphatic heterocycles. The van der Waals surface area contributed by atoms with Crippen molar-refractivity contribution in [2.24, 2.45) is 0 Å². The van der Waals surface area contributed by atoms with Gasteiger partial charge in [0.05, 0.1) is 5.52 Å². The molecule has 100 valence electrons. The van der Waals surface area contributed by atoms with E-state index < -0.39 is 0 Å². The van der Waals surface area contributed by atoms with E-state index in [1.54, 1.807) is 18.0 Å². The molecule has 0 saturated heterocycles. The molecule has 1 aliphatic carbocycles. The molecule has 1 saturated carbocycles. The van der Waals surface area contributed by atoms with Crippen molar-refractivity contribution < 1.29 is 9.53 Å². The van der Waals surface area contributed by atoms with Crippen molar-refractivity contribution in [3.8, 4) is 0 Å². The molecule has 0 radical (unpaired) electrons. The summed E-state index contributed by atoms with van der Waals surface area (Å²) in [7, 11) is 0. The maximum atomic E-state index is 10.7. The second kappa shape index (κ2) is 6.79. The predicted octanol–water partition coefficient (Wildman–Crippen LogP) is 3.49. The molecule has 0 amide bonds. The fraction of sp³-hybridized carbons (Fsp3) is 0.286. The van der Waals surface area contributed by atoms with Gasteiger partial charge in [-0.2, -0.15) is 0 Å². The molecule has 0 N–H and O–H groups in total. The van der Waals surface area contributed by atoms with Crippen LogP contribution in [0, 0.1) is 0 Å². The molecule has 0 unspecified atom stereocenters. The van der Waals surface area contributed by atoms with Crippen LogP contribution >= 0.6 is 27.7 Å². The Morgan fingerprint density at radius 1 is 1.35 bits per heavy atom. The average molecular weight is 362 g/mol. The quantitative estimate of drug-likeness (QED) is 0.474. The normalized spacial score (nSPS) is 16.1. The van der Waals surface area contributed by atoms with Crippen LogP contribution in [0.15, 0.2) is 39.8 Å². The van der Waals surface area contributed by atoms with Crippen molar-refractivity contribution in [3.63, 3.8) is 0 Å². The van der Waals surface area contributed by atoms with Gasteiger partial charge < -0.3 is 4.74 Å². The van der Waals surface area contributed by atoms with Gasteiger partial charge in [0.2, 0.25) is 0 Å². The van der Waals surface area contributed by atoms with Gasteiger partial charge in [0.15, 0.2) is 4.93 Å². The molecular formula is C14H13BrNNaO2S. The van der Waals surface area contributed by atoms with Crippen LogP contribution in [0.3, 0.4) is 0 Å². The minimum absolute atomic E-state index is 0. The van der Waals surface area contributed by atoms with E-state index in [9.17, 15) is 4.79 Å². The first-order valence-electron chi connectivity index (χ1n) is 6.07. The van der Waals surface area contributed by atoms with Crippen molar-refractivity contribution >= 4 is 74.6 Å². The van der Waals surface area contributed by atoms with Gasteiger partial charge in [0, 0.05) is 21.0 Å². The summed E-state index contributed by atoms with van der Waals surface area (Å²) >= 11 is 5.11. The van der Waals surface area contributed by atoms with E-state index in [4.69, 9.17) is 4.74 Å². The molecule has 0 spiro atoms. The van der Waals surface area contributed by atoms with E-state index in [-0.39, 0.29) is 34.5 Å². The number of carbonyl (C=O) groups is 1. The number of rotatable bonds is 4. The number of carbonyl (C=O) groups excluding carboxylic acids is 1. The van der Waals surface area contributed by atoms with Crippen LogP contribution in [0.25, 0.3) is 10.9 Å². The average Bonchev–Trinajstić information content (AvgIpc) is 2.37. The van der Waals surface area contributed by atoms with Crippen molar-refractivity contribution in [2.45, 2.75) is 29.1 Å². The number of ether oxygens (including phenoxy) is 1. The number of nitrogens with zero attached hydrogens (tertiary/aromatic N) is 1. The summed E-state index contributed by atoms with van der Waals surface area (Å²) in [5, 5.41) is 1.09. The first-order chi connectivity index (χ1) is 9.22.